The largest absolute Gasteiger partial charge is 0.416 e. The average molecular weight is 277 g/mol. The van der Waals surface area contributed by atoms with Gasteiger partial charge in [-0.1, -0.05) is 49.0 Å². The van der Waals surface area contributed by atoms with Crippen molar-refractivity contribution in [3.05, 3.63) is 41.8 Å². The predicted molar refractivity (Wildman–Crippen MR) is 77.2 cm³/mol. The molecule has 0 aliphatic heterocycles. The fourth-order valence-corrected chi connectivity index (χ4v) is 3.18. The number of hydrogen-bond acceptors (Lipinski definition) is 5. The van der Waals surface area contributed by atoms with E-state index in [0.717, 1.165) is 6.42 Å². The van der Waals surface area contributed by atoms with E-state index in [1.165, 1.54) is 5.56 Å². The smallest absolute Gasteiger partial charge is 0.276 e. The SMILES string of the molecule is CCC(Sc1nnc(C)o1)C(NC)c1ccccc1. The van der Waals surface area contributed by atoms with Gasteiger partial charge in [0, 0.05) is 18.2 Å². The number of benzene rings is 1. The van der Waals surface area contributed by atoms with E-state index in [9.17, 15) is 0 Å². The van der Waals surface area contributed by atoms with Crippen molar-refractivity contribution in [1.29, 1.82) is 0 Å². The van der Waals surface area contributed by atoms with Crippen molar-refractivity contribution in [1.82, 2.24) is 15.5 Å². The lowest BCUT2D eigenvalue weighted by Gasteiger charge is -2.24. The van der Waals surface area contributed by atoms with Gasteiger partial charge in [-0.2, -0.15) is 0 Å². The van der Waals surface area contributed by atoms with Crippen molar-refractivity contribution in [2.45, 2.75) is 36.8 Å². The third-order valence-corrected chi connectivity index (χ3v) is 4.28. The number of thioether (sulfide) groups is 1. The molecule has 0 bridgehead atoms. The lowest BCUT2D eigenvalue weighted by Crippen LogP contribution is -2.26. The molecule has 2 aromatic rings. The van der Waals surface area contributed by atoms with Crippen LogP contribution < -0.4 is 5.32 Å². The van der Waals surface area contributed by atoms with E-state index in [4.69, 9.17) is 4.42 Å². The van der Waals surface area contributed by atoms with Crippen molar-refractivity contribution in [2.24, 2.45) is 0 Å². The summed E-state index contributed by atoms with van der Waals surface area (Å²) in [6.45, 7) is 3.99. The van der Waals surface area contributed by atoms with Crippen LogP contribution in [0.3, 0.4) is 0 Å². The van der Waals surface area contributed by atoms with Crippen LogP contribution in [0.1, 0.15) is 30.8 Å². The molecule has 0 saturated heterocycles. The number of nitrogens with zero attached hydrogens (tertiary/aromatic N) is 2. The molecule has 19 heavy (non-hydrogen) atoms. The maximum Gasteiger partial charge on any atom is 0.276 e. The molecular formula is C14H19N3OS. The van der Waals surface area contributed by atoms with E-state index in [2.05, 4.69) is 46.7 Å². The zero-order valence-corrected chi connectivity index (χ0v) is 12.3. The summed E-state index contributed by atoms with van der Waals surface area (Å²) >= 11 is 1.63. The van der Waals surface area contributed by atoms with Gasteiger partial charge in [-0.15, -0.1) is 10.2 Å². The normalized spacial score (nSPS) is 14.3. The van der Waals surface area contributed by atoms with Gasteiger partial charge in [0.05, 0.1) is 0 Å². The Bertz CT molecular complexity index is 500. The first-order valence-electron chi connectivity index (χ1n) is 6.43. The van der Waals surface area contributed by atoms with Crippen LogP contribution in [0.25, 0.3) is 0 Å². The van der Waals surface area contributed by atoms with Gasteiger partial charge >= 0.3 is 0 Å². The standard InChI is InChI=1S/C14H19N3OS/c1-4-12(19-14-17-16-10(2)18-14)13(15-3)11-8-6-5-7-9-11/h5-9,12-13,15H,4H2,1-3H3. The molecule has 2 unspecified atom stereocenters. The van der Waals surface area contributed by atoms with Crippen LogP contribution >= 0.6 is 11.8 Å². The maximum absolute atomic E-state index is 5.46. The van der Waals surface area contributed by atoms with Crippen LogP contribution in [0, 0.1) is 6.92 Å². The minimum absolute atomic E-state index is 0.267. The van der Waals surface area contributed by atoms with Crippen molar-refractivity contribution in [3.63, 3.8) is 0 Å². The second kappa shape index (κ2) is 6.73. The number of aryl methyl sites for hydroxylation is 1. The lowest BCUT2D eigenvalue weighted by atomic mass is 10.0. The molecule has 5 heteroatoms. The zero-order valence-electron chi connectivity index (χ0n) is 11.5. The fourth-order valence-electron chi connectivity index (χ4n) is 2.07. The van der Waals surface area contributed by atoms with Crippen LogP contribution in [0.2, 0.25) is 0 Å². The summed E-state index contributed by atoms with van der Waals surface area (Å²) < 4.78 is 5.46. The number of hydrogen-bond donors (Lipinski definition) is 1. The first kappa shape index (κ1) is 14.1. The maximum atomic E-state index is 5.46. The Morgan fingerprint density at radius 3 is 2.53 bits per heavy atom. The van der Waals surface area contributed by atoms with Crippen LogP contribution in [-0.4, -0.2) is 22.5 Å². The highest BCUT2D eigenvalue weighted by atomic mass is 32.2. The summed E-state index contributed by atoms with van der Waals surface area (Å²) in [4.78, 5) is 0. The minimum Gasteiger partial charge on any atom is -0.416 e. The summed E-state index contributed by atoms with van der Waals surface area (Å²) in [6, 6.07) is 10.7. The second-order valence-electron chi connectivity index (χ2n) is 4.33. The van der Waals surface area contributed by atoms with Gasteiger partial charge in [0.25, 0.3) is 5.22 Å². The Hall–Kier alpha value is -1.33. The van der Waals surface area contributed by atoms with E-state index in [1.807, 2.05) is 20.0 Å². The minimum atomic E-state index is 0.267. The van der Waals surface area contributed by atoms with Crippen molar-refractivity contribution in [2.75, 3.05) is 7.05 Å². The molecule has 102 valence electrons. The molecule has 0 aliphatic rings. The molecule has 0 radical (unpaired) electrons. The molecule has 2 atom stereocenters. The Balaban J connectivity index is 2.15. The highest BCUT2D eigenvalue weighted by Crippen LogP contribution is 2.33. The molecular weight excluding hydrogens is 258 g/mol. The molecule has 2 rings (SSSR count). The van der Waals surface area contributed by atoms with E-state index in [0.29, 0.717) is 16.4 Å². The van der Waals surface area contributed by atoms with E-state index < -0.39 is 0 Å². The van der Waals surface area contributed by atoms with Gasteiger partial charge < -0.3 is 9.73 Å². The Labute approximate surface area is 118 Å². The molecule has 1 aromatic heterocycles. The van der Waals surface area contributed by atoms with Crippen LogP contribution in [-0.2, 0) is 0 Å². The Kier molecular flexibility index (Phi) is 4.99. The third kappa shape index (κ3) is 3.58. The molecule has 0 fully saturated rings. The van der Waals surface area contributed by atoms with Crippen molar-refractivity contribution >= 4 is 11.8 Å². The molecule has 1 aromatic carbocycles. The molecule has 4 nitrogen and oxygen atoms in total. The fraction of sp³-hybridized carbons (Fsp3) is 0.429. The van der Waals surface area contributed by atoms with Gasteiger partial charge in [-0.05, 0) is 19.0 Å². The van der Waals surface area contributed by atoms with Gasteiger partial charge in [0.15, 0.2) is 0 Å². The molecule has 0 spiro atoms. The Morgan fingerprint density at radius 1 is 1.26 bits per heavy atom. The van der Waals surface area contributed by atoms with Crippen molar-refractivity contribution < 1.29 is 4.42 Å². The Morgan fingerprint density at radius 2 is 2.00 bits per heavy atom. The van der Waals surface area contributed by atoms with E-state index >= 15 is 0 Å². The second-order valence-corrected chi connectivity index (χ2v) is 5.52. The number of rotatable bonds is 6. The quantitative estimate of drug-likeness (QED) is 0.822. The summed E-state index contributed by atoms with van der Waals surface area (Å²) in [5, 5.41) is 12.3. The number of nitrogens with one attached hydrogen (secondary N) is 1. The van der Waals surface area contributed by atoms with Gasteiger partial charge in [-0.3, -0.25) is 0 Å². The van der Waals surface area contributed by atoms with Gasteiger partial charge in [0.2, 0.25) is 5.89 Å². The zero-order chi connectivity index (χ0) is 13.7. The monoisotopic (exact) mass is 277 g/mol. The van der Waals surface area contributed by atoms with Crippen LogP contribution in [0.5, 0.6) is 0 Å². The average Bonchev–Trinajstić information content (AvgIpc) is 2.85. The van der Waals surface area contributed by atoms with E-state index in [-0.39, 0.29) is 6.04 Å². The summed E-state index contributed by atoms with van der Waals surface area (Å²) in [6.07, 6.45) is 1.02. The van der Waals surface area contributed by atoms with Gasteiger partial charge in [-0.25, -0.2) is 0 Å². The summed E-state index contributed by atoms with van der Waals surface area (Å²) in [5.74, 6) is 0.609. The highest BCUT2D eigenvalue weighted by Gasteiger charge is 2.23. The molecule has 0 saturated carbocycles. The molecule has 1 heterocycles. The third-order valence-electron chi connectivity index (χ3n) is 3.00. The van der Waals surface area contributed by atoms with Gasteiger partial charge in [0.1, 0.15) is 0 Å². The van der Waals surface area contributed by atoms with Crippen molar-refractivity contribution in [3.8, 4) is 0 Å². The summed E-state index contributed by atoms with van der Waals surface area (Å²) in [5.41, 5.74) is 1.28. The first-order chi connectivity index (χ1) is 9.24. The van der Waals surface area contributed by atoms with Crippen LogP contribution in [0.15, 0.2) is 40.0 Å². The number of aromatic nitrogens is 2. The topological polar surface area (TPSA) is 51.0 Å². The molecule has 0 aliphatic carbocycles. The summed E-state index contributed by atoms with van der Waals surface area (Å²) in [7, 11) is 1.99. The van der Waals surface area contributed by atoms with Crippen LogP contribution in [0.4, 0.5) is 0 Å². The van der Waals surface area contributed by atoms with E-state index in [1.54, 1.807) is 11.8 Å². The molecule has 1 N–H and O–H groups in total. The lowest BCUT2D eigenvalue weighted by molar-refractivity contribution is 0.426. The predicted octanol–water partition coefficient (Wildman–Crippen LogP) is 3.21. The highest BCUT2D eigenvalue weighted by molar-refractivity contribution is 7.99. The molecule has 0 amide bonds. The first-order valence-corrected chi connectivity index (χ1v) is 7.31.